The van der Waals surface area contributed by atoms with E-state index in [0.29, 0.717) is 22.7 Å². The first-order valence-corrected chi connectivity index (χ1v) is 8.98. The Morgan fingerprint density at radius 2 is 1.66 bits per heavy atom. The molecular formula is C21H25N3O5. The van der Waals surface area contributed by atoms with Crippen molar-refractivity contribution in [1.82, 2.24) is 5.32 Å². The molecule has 154 valence electrons. The third-order valence-corrected chi connectivity index (χ3v) is 4.17. The second-order valence-corrected chi connectivity index (χ2v) is 6.40. The molecule has 8 heteroatoms. The summed E-state index contributed by atoms with van der Waals surface area (Å²) in [5.41, 5.74) is 3.40. The van der Waals surface area contributed by atoms with Gasteiger partial charge in [-0.1, -0.05) is 12.1 Å². The largest absolute Gasteiger partial charge is 0.495 e. The normalized spacial score (nSPS) is 10.1. The van der Waals surface area contributed by atoms with Crippen LogP contribution in [0, 0.1) is 13.8 Å². The highest BCUT2D eigenvalue weighted by Crippen LogP contribution is 2.24. The smallest absolute Gasteiger partial charge is 0.337 e. The van der Waals surface area contributed by atoms with Crippen molar-refractivity contribution >= 4 is 29.2 Å². The third-order valence-electron chi connectivity index (χ3n) is 4.17. The van der Waals surface area contributed by atoms with Crippen LogP contribution in [0.2, 0.25) is 0 Å². The maximum atomic E-state index is 12.1. The van der Waals surface area contributed by atoms with Gasteiger partial charge < -0.3 is 25.4 Å². The number of nitrogens with one attached hydrogen (secondary N) is 3. The summed E-state index contributed by atoms with van der Waals surface area (Å²) in [7, 11) is 2.82. The fourth-order valence-electron chi connectivity index (χ4n) is 2.59. The van der Waals surface area contributed by atoms with Crippen LogP contribution in [0.1, 0.15) is 21.5 Å². The average Bonchev–Trinajstić information content (AvgIpc) is 2.71. The van der Waals surface area contributed by atoms with E-state index in [1.807, 2.05) is 19.9 Å². The topological polar surface area (TPSA) is 106 Å². The van der Waals surface area contributed by atoms with Crippen LogP contribution in [0.4, 0.5) is 11.4 Å². The molecule has 0 bridgehead atoms. The first kappa shape index (κ1) is 21.7. The number of benzene rings is 2. The van der Waals surface area contributed by atoms with Gasteiger partial charge in [0.1, 0.15) is 5.75 Å². The molecule has 2 aromatic carbocycles. The molecule has 29 heavy (non-hydrogen) atoms. The summed E-state index contributed by atoms with van der Waals surface area (Å²) >= 11 is 0. The van der Waals surface area contributed by atoms with Crippen LogP contribution >= 0.6 is 0 Å². The lowest BCUT2D eigenvalue weighted by molar-refractivity contribution is -0.122. The highest BCUT2D eigenvalue weighted by Gasteiger charge is 2.11. The van der Waals surface area contributed by atoms with Crippen molar-refractivity contribution in [2.45, 2.75) is 13.8 Å². The van der Waals surface area contributed by atoms with Crippen LogP contribution in [0.5, 0.6) is 5.75 Å². The van der Waals surface area contributed by atoms with Gasteiger partial charge in [0.15, 0.2) is 0 Å². The number of anilines is 2. The number of aryl methyl sites for hydroxylation is 2. The summed E-state index contributed by atoms with van der Waals surface area (Å²) in [6, 6.07) is 10.4. The minimum absolute atomic E-state index is 0.0491. The molecule has 2 rings (SSSR count). The molecule has 8 nitrogen and oxygen atoms in total. The summed E-state index contributed by atoms with van der Waals surface area (Å²) in [6.45, 7) is 3.52. The number of esters is 1. The minimum atomic E-state index is -0.458. The Morgan fingerprint density at radius 1 is 0.897 bits per heavy atom. The van der Waals surface area contributed by atoms with E-state index in [-0.39, 0.29) is 24.9 Å². The molecule has 0 saturated carbocycles. The monoisotopic (exact) mass is 399 g/mol. The lowest BCUT2D eigenvalue weighted by Crippen LogP contribution is -2.36. The van der Waals surface area contributed by atoms with Crippen molar-refractivity contribution in [3.8, 4) is 5.75 Å². The van der Waals surface area contributed by atoms with Gasteiger partial charge in [-0.05, 0) is 49.2 Å². The van der Waals surface area contributed by atoms with Crippen molar-refractivity contribution in [3.63, 3.8) is 0 Å². The molecule has 3 N–H and O–H groups in total. The molecule has 0 spiro atoms. The van der Waals surface area contributed by atoms with Gasteiger partial charge in [0.05, 0.1) is 38.6 Å². The van der Waals surface area contributed by atoms with E-state index < -0.39 is 5.97 Å². The highest BCUT2D eigenvalue weighted by atomic mass is 16.5. The molecule has 0 aliphatic heterocycles. The number of hydrogen-bond acceptors (Lipinski definition) is 6. The molecule has 0 radical (unpaired) electrons. The van der Waals surface area contributed by atoms with E-state index in [1.54, 1.807) is 30.3 Å². The minimum Gasteiger partial charge on any atom is -0.495 e. The lowest BCUT2D eigenvalue weighted by atomic mass is 10.1. The van der Waals surface area contributed by atoms with Gasteiger partial charge in [-0.2, -0.15) is 0 Å². The summed E-state index contributed by atoms with van der Waals surface area (Å²) in [5, 5.41) is 8.22. The molecule has 0 aromatic heterocycles. The Labute approximate surface area is 169 Å². The van der Waals surface area contributed by atoms with E-state index in [1.165, 1.54) is 14.2 Å². The second-order valence-electron chi connectivity index (χ2n) is 6.40. The van der Waals surface area contributed by atoms with Crippen LogP contribution in [0.25, 0.3) is 0 Å². The van der Waals surface area contributed by atoms with Gasteiger partial charge in [-0.15, -0.1) is 0 Å². The number of hydrogen-bond donors (Lipinski definition) is 3. The molecule has 0 fully saturated rings. The Kier molecular flexibility index (Phi) is 7.59. The van der Waals surface area contributed by atoms with E-state index in [4.69, 9.17) is 9.47 Å². The standard InChI is InChI=1S/C21H25N3O5/c1-13-5-8-18(28-3)17(9-13)24-20(26)12-23-19(25)11-22-16-10-15(21(27)29-4)7-6-14(16)2/h5-10,22H,11-12H2,1-4H3,(H,23,25)(H,24,26). The molecule has 0 aliphatic rings. The molecular weight excluding hydrogens is 374 g/mol. The molecule has 0 unspecified atom stereocenters. The summed E-state index contributed by atoms with van der Waals surface area (Å²) in [4.78, 5) is 35.8. The predicted octanol–water partition coefficient (Wildman–Crippen LogP) is 2.27. The zero-order chi connectivity index (χ0) is 21.4. The summed E-state index contributed by atoms with van der Waals surface area (Å²) in [6.07, 6.45) is 0. The van der Waals surface area contributed by atoms with Crippen molar-refractivity contribution in [3.05, 3.63) is 53.1 Å². The van der Waals surface area contributed by atoms with Crippen LogP contribution < -0.4 is 20.7 Å². The van der Waals surface area contributed by atoms with Crippen molar-refractivity contribution in [2.24, 2.45) is 0 Å². The fraction of sp³-hybridized carbons (Fsp3) is 0.286. The van der Waals surface area contributed by atoms with Crippen LogP contribution in [-0.4, -0.2) is 45.1 Å². The predicted molar refractivity (Wildman–Crippen MR) is 110 cm³/mol. The van der Waals surface area contributed by atoms with Gasteiger partial charge in [0.25, 0.3) is 0 Å². The zero-order valence-electron chi connectivity index (χ0n) is 16.9. The van der Waals surface area contributed by atoms with Crippen LogP contribution in [-0.2, 0) is 14.3 Å². The van der Waals surface area contributed by atoms with Crippen molar-refractivity contribution in [1.29, 1.82) is 0 Å². The van der Waals surface area contributed by atoms with Gasteiger partial charge in [0, 0.05) is 5.69 Å². The van der Waals surface area contributed by atoms with Gasteiger partial charge in [-0.3, -0.25) is 9.59 Å². The molecule has 0 heterocycles. The molecule has 0 saturated heterocycles. The SMILES string of the molecule is COC(=O)c1ccc(C)c(NCC(=O)NCC(=O)Nc2cc(C)ccc2OC)c1. The number of ether oxygens (including phenoxy) is 2. The van der Waals surface area contributed by atoms with Crippen LogP contribution in [0.15, 0.2) is 36.4 Å². The van der Waals surface area contributed by atoms with E-state index in [0.717, 1.165) is 11.1 Å². The van der Waals surface area contributed by atoms with E-state index in [9.17, 15) is 14.4 Å². The molecule has 0 atom stereocenters. The Hall–Kier alpha value is -3.55. The average molecular weight is 399 g/mol. The van der Waals surface area contributed by atoms with E-state index >= 15 is 0 Å². The zero-order valence-corrected chi connectivity index (χ0v) is 16.9. The third kappa shape index (κ3) is 6.24. The Balaban J connectivity index is 1.87. The molecule has 2 amide bonds. The molecule has 0 aliphatic carbocycles. The maximum Gasteiger partial charge on any atom is 0.337 e. The first-order chi connectivity index (χ1) is 13.8. The number of amides is 2. The number of carbonyl (C=O) groups excluding carboxylic acids is 3. The van der Waals surface area contributed by atoms with Gasteiger partial charge in [-0.25, -0.2) is 4.79 Å². The number of rotatable bonds is 8. The van der Waals surface area contributed by atoms with Crippen LogP contribution in [0.3, 0.4) is 0 Å². The number of carbonyl (C=O) groups is 3. The van der Waals surface area contributed by atoms with Gasteiger partial charge >= 0.3 is 5.97 Å². The summed E-state index contributed by atoms with van der Waals surface area (Å²) < 4.78 is 9.91. The Morgan fingerprint density at radius 3 is 2.34 bits per heavy atom. The second kappa shape index (κ2) is 10.1. The van der Waals surface area contributed by atoms with Gasteiger partial charge in [0.2, 0.25) is 11.8 Å². The Bertz CT molecular complexity index is 911. The highest BCUT2D eigenvalue weighted by molar-refractivity contribution is 5.96. The lowest BCUT2D eigenvalue weighted by Gasteiger charge is -2.13. The maximum absolute atomic E-state index is 12.1. The quantitative estimate of drug-likeness (QED) is 0.588. The summed E-state index contributed by atoms with van der Waals surface area (Å²) in [5.74, 6) is -0.649. The van der Waals surface area contributed by atoms with Crippen molar-refractivity contribution < 1.29 is 23.9 Å². The van der Waals surface area contributed by atoms with E-state index in [2.05, 4.69) is 16.0 Å². The first-order valence-electron chi connectivity index (χ1n) is 8.98. The van der Waals surface area contributed by atoms with Crippen molar-refractivity contribution in [2.75, 3.05) is 37.9 Å². The number of methoxy groups -OCH3 is 2. The molecule has 2 aromatic rings. The fourth-order valence-corrected chi connectivity index (χ4v) is 2.59.